The monoisotopic (exact) mass is 1570 g/mol. The number of guanidine groups is 1. The highest BCUT2D eigenvalue weighted by Crippen LogP contribution is 2.21. The van der Waals surface area contributed by atoms with Gasteiger partial charge >= 0.3 is 0 Å². The lowest BCUT2D eigenvalue weighted by Crippen LogP contribution is -2.61. The Morgan fingerprint density at radius 3 is 1.78 bits per heavy atom. The van der Waals surface area contributed by atoms with Gasteiger partial charge in [-0.25, -0.2) is 0 Å². The van der Waals surface area contributed by atoms with Crippen molar-refractivity contribution in [3.8, 4) is 0 Å². The van der Waals surface area contributed by atoms with E-state index < -0.39 is 170 Å². The first-order chi connectivity index (χ1) is 53.8. The zero-order valence-corrected chi connectivity index (χ0v) is 64.9. The fourth-order valence-electron chi connectivity index (χ4n) is 12.5. The molecule has 1 aromatic heterocycles. The largest absolute Gasteiger partial charge is 0.394 e. The highest BCUT2D eigenvalue weighted by atomic mass is 16.5. The molecule has 9 atom stereocenters. The molecule has 1 aliphatic heterocycles. The van der Waals surface area contributed by atoms with Gasteiger partial charge < -0.3 is 106 Å². The van der Waals surface area contributed by atoms with Crippen molar-refractivity contribution in [2.24, 2.45) is 22.9 Å². The van der Waals surface area contributed by atoms with Crippen molar-refractivity contribution in [2.45, 2.75) is 254 Å². The molecular weight excluding hydrogens is 1450 g/mol. The Bertz CT molecular complexity index is 3490. The van der Waals surface area contributed by atoms with Crippen LogP contribution in [0, 0.1) is 5.41 Å². The van der Waals surface area contributed by atoms with Crippen molar-refractivity contribution in [3.05, 3.63) is 71.9 Å². The number of unbranched alkanes of at least 4 members (excludes halogenated alkanes) is 13. The van der Waals surface area contributed by atoms with Crippen LogP contribution in [0.25, 0.3) is 10.9 Å². The number of carbonyl (C=O) groups excluding carboxylic acids is 14. The molecule has 0 aliphatic carbocycles. The molecule has 35 nitrogen and oxygen atoms in total. The standard InChI is InChI=1S/C77H122N18O17/c1-3-5-7-8-9-10-11-12-13-14-15-16-20-33-65(99)84-40-41-111-42-43-112-49-67(101)87-57(34-36-63(78)97)71(105)95-62(48-96)76(110)90-55(29-6-4-2)69(103)91-58-35-37-66(100)83-38-24-23-31-54(68(80)102)88-74(108)60(45-51-47-86-53-30-22-21-28-52(51)53)93-70(104)56(32-25-39-85-77(81)82)89-73(107)59(44-50-26-18-17-19-27-50)92-75(109)61(46-64(79)98)94-72(58)106/h17-19,21-22,26-28,30,47,54-62,86,96H,3-16,20,23-25,29,31-46,48-49H2,1-2H3,(H2,78,97)(H2,79,98)(H2,80,102)(H,83,100)(H,84,99)(H,87,101)(H,88,108)(H,89,107)(H,90,110)(H,91,103)(H,92,109)(H,93,104)(H,94,106)(H,95,105)(H4,81,82,85)/t54-,55-,56-,57-,58-,59+,60-,61-,62-/m0/s1. The van der Waals surface area contributed by atoms with Crippen LogP contribution in [0.1, 0.15) is 198 Å². The number of nitrogens with two attached hydrogens (primary N) is 4. The third kappa shape index (κ3) is 38.6. The van der Waals surface area contributed by atoms with E-state index in [0.717, 1.165) is 30.2 Å². The maximum absolute atomic E-state index is 14.8. The molecular formula is C77H122N18O17. The Balaban J connectivity index is 1.50. The minimum atomic E-state index is -1.89. The van der Waals surface area contributed by atoms with Crippen molar-refractivity contribution < 1.29 is 81.7 Å². The molecule has 23 N–H and O–H groups in total. The summed E-state index contributed by atoms with van der Waals surface area (Å²) in [6.07, 6.45) is 15.6. The maximum Gasteiger partial charge on any atom is 0.246 e. The quantitative estimate of drug-likeness (QED) is 0.0203. The topological polar surface area (TPSA) is 566 Å². The Kier molecular flexibility index (Phi) is 45.7. The minimum Gasteiger partial charge on any atom is -0.394 e. The summed E-state index contributed by atoms with van der Waals surface area (Å²) in [5.74, 6) is -13.0. The Hall–Kier alpha value is -10.3. The molecule has 112 heavy (non-hydrogen) atoms. The van der Waals surface area contributed by atoms with Crippen LogP contribution in [0.3, 0.4) is 0 Å². The summed E-state index contributed by atoms with van der Waals surface area (Å²) in [5, 5.41) is 49.9. The molecule has 2 aromatic carbocycles. The second-order valence-corrected chi connectivity index (χ2v) is 28.1. The summed E-state index contributed by atoms with van der Waals surface area (Å²) in [5.41, 5.74) is 24.3. The van der Waals surface area contributed by atoms with Gasteiger partial charge in [0.1, 0.15) is 61.0 Å². The van der Waals surface area contributed by atoms with E-state index in [1.54, 1.807) is 61.7 Å². The highest BCUT2D eigenvalue weighted by molar-refractivity contribution is 6.00. The van der Waals surface area contributed by atoms with Gasteiger partial charge in [0, 0.05) is 68.8 Å². The molecule has 3 aromatic rings. The highest BCUT2D eigenvalue weighted by Gasteiger charge is 2.37. The SMILES string of the molecule is CCCCCCCCCCCCCCCC(=O)NCCOCCOCC(=O)N[C@@H](CCC(N)=O)C(=O)N[C@@H](CO)C(=O)N[C@@H](CCCC)C(=O)N[C@H]1CCC(=O)NCCCC[C@@H](C(N)=O)NC(=O)[C@H](Cc2c[nH]c3ccccc23)NC(=O)[C@H](CCCNC(=N)N)NC(=O)[C@@H](Cc2ccccc2)NC(=O)[C@H](CC(N)=O)NC1=O. The van der Waals surface area contributed by atoms with Crippen molar-refractivity contribution >= 4 is 99.6 Å². The van der Waals surface area contributed by atoms with Crippen molar-refractivity contribution in [1.82, 2.24) is 68.8 Å². The molecule has 1 fully saturated rings. The minimum absolute atomic E-state index is 0.0127. The lowest BCUT2D eigenvalue weighted by molar-refractivity contribution is -0.137. The number of benzene rings is 2. The number of hydrogen-bond acceptors (Lipinski definition) is 18. The van der Waals surface area contributed by atoms with Crippen LogP contribution >= 0.6 is 0 Å². The van der Waals surface area contributed by atoms with Gasteiger partial charge in [0.2, 0.25) is 82.7 Å². The number of rotatable bonds is 47. The Labute approximate surface area is 654 Å². The van der Waals surface area contributed by atoms with E-state index in [-0.39, 0.29) is 116 Å². The summed E-state index contributed by atoms with van der Waals surface area (Å²) in [6.45, 7) is 2.85. The number of aromatic amines is 1. The van der Waals surface area contributed by atoms with E-state index in [2.05, 4.69) is 75.7 Å². The number of aliphatic hydroxyl groups excluding tert-OH is 1. The van der Waals surface area contributed by atoms with Gasteiger partial charge in [-0.15, -0.1) is 0 Å². The fraction of sp³-hybridized carbons (Fsp3) is 0.623. The number of nitrogens with one attached hydrogen (secondary N) is 14. The average Bonchev–Trinajstić information content (AvgIpc) is 1.46. The zero-order chi connectivity index (χ0) is 82.0. The van der Waals surface area contributed by atoms with Gasteiger partial charge in [-0.05, 0) is 75.0 Å². The lowest BCUT2D eigenvalue weighted by Gasteiger charge is -2.28. The first-order valence-electron chi connectivity index (χ1n) is 39.4. The van der Waals surface area contributed by atoms with Crippen LogP contribution in [-0.2, 0) is 89.4 Å². The number of ether oxygens (including phenoxy) is 2. The number of fused-ring (bicyclic) bond motifs is 1. The first kappa shape index (κ1) is 94.1. The predicted molar refractivity (Wildman–Crippen MR) is 418 cm³/mol. The molecule has 1 saturated heterocycles. The molecule has 2 heterocycles. The Morgan fingerprint density at radius 1 is 0.545 bits per heavy atom. The number of primary amides is 3. The summed E-state index contributed by atoms with van der Waals surface area (Å²) < 4.78 is 11.0. The van der Waals surface area contributed by atoms with Crippen LogP contribution in [0.15, 0.2) is 60.8 Å². The Morgan fingerprint density at radius 2 is 1.12 bits per heavy atom. The van der Waals surface area contributed by atoms with Gasteiger partial charge in [0.25, 0.3) is 0 Å². The molecule has 0 bridgehead atoms. The molecule has 0 unspecified atom stereocenters. The summed E-state index contributed by atoms with van der Waals surface area (Å²) in [6, 6.07) is 1.19. The number of carbonyl (C=O) groups is 14. The van der Waals surface area contributed by atoms with E-state index >= 15 is 0 Å². The second-order valence-electron chi connectivity index (χ2n) is 28.1. The molecule has 1 aliphatic rings. The van der Waals surface area contributed by atoms with Gasteiger partial charge in [-0.2, -0.15) is 0 Å². The van der Waals surface area contributed by atoms with Crippen molar-refractivity contribution in [3.63, 3.8) is 0 Å². The maximum atomic E-state index is 14.8. The fourth-order valence-corrected chi connectivity index (χ4v) is 12.5. The first-order valence-corrected chi connectivity index (χ1v) is 39.4. The van der Waals surface area contributed by atoms with Gasteiger partial charge in [0.05, 0.1) is 32.8 Å². The number of aliphatic hydroxyl groups is 1. The van der Waals surface area contributed by atoms with Crippen LogP contribution in [0.5, 0.6) is 0 Å². The van der Waals surface area contributed by atoms with Crippen molar-refractivity contribution in [2.75, 3.05) is 52.7 Å². The molecule has 4 rings (SSSR count). The number of hydrogen-bond donors (Lipinski definition) is 19. The number of amides is 14. The normalized spacial score (nSPS) is 18.6. The molecule has 0 radical (unpaired) electrons. The number of H-pyrrole nitrogens is 1. The summed E-state index contributed by atoms with van der Waals surface area (Å²) in [4.78, 5) is 196. The number of aromatic nitrogens is 1. The van der Waals surface area contributed by atoms with Crippen LogP contribution < -0.4 is 86.7 Å². The second kappa shape index (κ2) is 54.4. The zero-order valence-electron chi connectivity index (χ0n) is 64.9. The average molecular weight is 1570 g/mol. The van der Waals surface area contributed by atoms with Gasteiger partial charge in [-0.3, -0.25) is 72.5 Å². The molecule has 622 valence electrons. The third-order valence-electron chi connectivity index (χ3n) is 18.8. The summed E-state index contributed by atoms with van der Waals surface area (Å²) >= 11 is 0. The van der Waals surface area contributed by atoms with Crippen LogP contribution in [0.2, 0.25) is 0 Å². The lowest BCUT2D eigenvalue weighted by atomic mass is 10.0. The van der Waals surface area contributed by atoms with Crippen LogP contribution in [-0.4, -0.2) is 206 Å². The molecule has 14 amide bonds. The third-order valence-corrected chi connectivity index (χ3v) is 18.8. The van der Waals surface area contributed by atoms with E-state index in [1.165, 1.54) is 64.2 Å². The van der Waals surface area contributed by atoms with Crippen molar-refractivity contribution in [1.29, 1.82) is 5.41 Å². The van der Waals surface area contributed by atoms with E-state index in [1.807, 2.05) is 6.07 Å². The molecule has 0 saturated carbocycles. The number of para-hydroxylation sites is 1. The molecule has 0 spiro atoms. The summed E-state index contributed by atoms with van der Waals surface area (Å²) in [7, 11) is 0. The van der Waals surface area contributed by atoms with E-state index in [0.29, 0.717) is 24.0 Å². The predicted octanol–water partition coefficient (Wildman–Crippen LogP) is 0.0993. The molecule has 35 heteroatoms. The van der Waals surface area contributed by atoms with Gasteiger partial charge in [0.15, 0.2) is 5.96 Å². The smallest absolute Gasteiger partial charge is 0.246 e. The van der Waals surface area contributed by atoms with Crippen LogP contribution in [0.4, 0.5) is 0 Å². The van der Waals surface area contributed by atoms with Gasteiger partial charge in [-0.1, -0.05) is 152 Å². The van der Waals surface area contributed by atoms with E-state index in [9.17, 15) is 72.2 Å². The van der Waals surface area contributed by atoms with E-state index in [4.69, 9.17) is 37.8 Å².